The van der Waals surface area contributed by atoms with Crippen molar-refractivity contribution in [3.63, 3.8) is 0 Å². The Morgan fingerprint density at radius 1 is 1.12 bits per heavy atom. The zero-order valence-electron chi connectivity index (χ0n) is 14.3. The van der Waals surface area contributed by atoms with Crippen LogP contribution in [0.1, 0.15) is 36.9 Å². The van der Waals surface area contributed by atoms with Crippen molar-refractivity contribution in [3.8, 4) is 5.75 Å². The summed E-state index contributed by atoms with van der Waals surface area (Å²) in [5.74, 6) is 1.10. The van der Waals surface area contributed by atoms with Gasteiger partial charge >= 0.3 is 0 Å². The van der Waals surface area contributed by atoms with E-state index in [1.54, 1.807) is 7.11 Å². The van der Waals surface area contributed by atoms with E-state index in [2.05, 4.69) is 36.5 Å². The minimum Gasteiger partial charge on any atom is -0.497 e. The maximum atomic E-state index is 11.8. The molecular weight excluding hydrogens is 300 g/mol. The molecule has 4 nitrogen and oxygen atoms in total. The number of amides is 1. The van der Waals surface area contributed by atoms with Gasteiger partial charge in [0.1, 0.15) is 5.75 Å². The molecule has 2 aromatic carbocycles. The number of benzene rings is 2. The molecule has 1 fully saturated rings. The summed E-state index contributed by atoms with van der Waals surface area (Å²) in [5, 5.41) is 3.53. The number of hydrogen-bond donors (Lipinski definition) is 1. The van der Waals surface area contributed by atoms with Gasteiger partial charge in [-0.15, -0.1) is 0 Å². The van der Waals surface area contributed by atoms with Gasteiger partial charge < -0.3 is 15.0 Å². The maximum absolute atomic E-state index is 11.8. The molecule has 4 heteroatoms. The number of hydrogen-bond acceptors (Lipinski definition) is 3. The SMILES string of the molecule is COc1ccc(CNC(C)c2ccc(N3CCCC3=O)cc2)cc1. The fraction of sp³-hybridized carbons (Fsp3) is 0.350. The fourth-order valence-corrected chi connectivity index (χ4v) is 3.00. The van der Waals surface area contributed by atoms with Crippen LogP contribution in [-0.4, -0.2) is 19.6 Å². The number of carbonyl (C=O) groups excluding carboxylic acids is 1. The van der Waals surface area contributed by atoms with E-state index in [1.807, 2.05) is 29.2 Å². The molecule has 0 bridgehead atoms. The number of nitrogens with one attached hydrogen (secondary N) is 1. The highest BCUT2D eigenvalue weighted by Crippen LogP contribution is 2.23. The lowest BCUT2D eigenvalue weighted by Gasteiger charge is -2.18. The van der Waals surface area contributed by atoms with Crippen molar-refractivity contribution >= 4 is 11.6 Å². The Hall–Kier alpha value is -2.33. The number of rotatable bonds is 6. The minimum atomic E-state index is 0.230. The van der Waals surface area contributed by atoms with Gasteiger partial charge in [0.25, 0.3) is 0 Å². The Morgan fingerprint density at radius 2 is 1.83 bits per heavy atom. The summed E-state index contributed by atoms with van der Waals surface area (Å²) in [4.78, 5) is 13.7. The third-order valence-electron chi connectivity index (χ3n) is 4.55. The average molecular weight is 324 g/mol. The van der Waals surface area contributed by atoms with Gasteiger partial charge in [-0.1, -0.05) is 24.3 Å². The highest BCUT2D eigenvalue weighted by atomic mass is 16.5. The van der Waals surface area contributed by atoms with Gasteiger partial charge in [0.15, 0.2) is 0 Å². The summed E-state index contributed by atoms with van der Waals surface area (Å²) < 4.78 is 5.18. The summed E-state index contributed by atoms with van der Waals surface area (Å²) in [6.45, 7) is 3.79. The van der Waals surface area contributed by atoms with E-state index in [0.717, 1.165) is 30.9 Å². The quantitative estimate of drug-likeness (QED) is 0.881. The largest absolute Gasteiger partial charge is 0.497 e. The normalized spacial score (nSPS) is 15.6. The zero-order valence-corrected chi connectivity index (χ0v) is 14.3. The summed E-state index contributed by atoms with van der Waals surface area (Å²) in [6.07, 6.45) is 1.63. The van der Waals surface area contributed by atoms with E-state index in [1.165, 1.54) is 11.1 Å². The molecule has 0 radical (unpaired) electrons. The molecule has 2 aromatic rings. The molecule has 0 spiro atoms. The van der Waals surface area contributed by atoms with E-state index < -0.39 is 0 Å². The first-order valence-corrected chi connectivity index (χ1v) is 8.44. The van der Waals surface area contributed by atoms with Crippen molar-refractivity contribution in [2.24, 2.45) is 0 Å². The Balaban J connectivity index is 1.58. The molecule has 0 aromatic heterocycles. The van der Waals surface area contributed by atoms with Crippen molar-refractivity contribution in [1.29, 1.82) is 0 Å². The van der Waals surface area contributed by atoms with E-state index in [4.69, 9.17) is 4.74 Å². The van der Waals surface area contributed by atoms with Crippen LogP contribution in [0.3, 0.4) is 0 Å². The van der Waals surface area contributed by atoms with Gasteiger partial charge in [0.2, 0.25) is 5.91 Å². The van der Waals surface area contributed by atoms with Crippen molar-refractivity contribution in [3.05, 3.63) is 59.7 Å². The summed E-state index contributed by atoms with van der Waals surface area (Å²) in [5.41, 5.74) is 3.45. The van der Waals surface area contributed by atoms with Crippen LogP contribution in [0.4, 0.5) is 5.69 Å². The van der Waals surface area contributed by atoms with Gasteiger partial charge in [-0.2, -0.15) is 0 Å². The third-order valence-corrected chi connectivity index (χ3v) is 4.55. The highest BCUT2D eigenvalue weighted by molar-refractivity contribution is 5.95. The molecule has 24 heavy (non-hydrogen) atoms. The molecule has 3 rings (SSSR count). The molecule has 1 atom stereocenters. The number of nitrogens with zero attached hydrogens (tertiary/aromatic N) is 1. The first-order chi connectivity index (χ1) is 11.7. The van der Waals surface area contributed by atoms with Gasteiger partial charge in [-0.3, -0.25) is 4.79 Å². The van der Waals surface area contributed by atoms with Crippen LogP contribution in [-0.2, 0) is 11.3 Å². The number of carbonyl (C=O) groups is 1. The van der Waals surface area contributed by atoms with Gasteiger partial charge in [-0.25, -0.2) is 0 Å². The fourth-order valence-electron chi connectivity index (χ4n) is 3.00. The van der Waals surface area contributed by atoms with Crippen LogP contribution in [0.15, 0.2) is 48.5 Å². The second kappa shape index (κ2) is 7.49. The molecule has 1 unspecified atom stereocenters. The standard InChI is InChI=1S/C20H24N2O2/c1-15(21-14-16-5-11-19(24-2)12-6-16)17-7-9-18(10-8-17)22-13-3-4-20(22)23/h5-12,15,21H,3-4,13-14H2,1-2H3. The Bertz CT molecular complexity index is 680. The molecule has 126 valence electrons. The molecular formula is C20H24N2O2. The molecule has 0 aliphatic carbocycles. The molecule has 1 aliphatic heterocycles. The average Bonchev–Trinajstić information content (AvgIpc) is 3.06. The Kier molecular flexibility index (Phi) is 5.16. The van der Waals surface area contributed by atoms with E-state index in [-0.39, 0.29) is 11.9 Å². The van der Waals surface area contributed by atoms with Gasteiger partial charge in [-0.05, 0) is 48.7 Å². The minimum absolute atomic E-state index is 0.230. The topological polar surface area (TPSA) is 41.6 Å². The smallest absolute Gasteiger partial charge is 0.227 e. The highest BCUT2D eigenvalue weighted by Gasteiger charge is 2.21. The molecule has 0 saturated carbocycles. The second-order valence-electron chi connectivity index (χ2n) is 6.19. The van der Waals surface area contributed by atoms with Crippen LogP contribution >= 0.6 is 0 Å². The lowest BCUT2D eigenvalue weighted by atomic mass is 10.1. The predicted molar refractivity (Wildman–Crippen MR) is 96.3 cm³/mol. The molecule has 1 heterocycles. The van der Waals surface area contributed by atoms with Gasteiger partial charge in [0, 0.05) is 31.2 Å². The Labute approximate surface area is 143 Å². The van der Waals surface area contributed by atoms with Crippen molar-refractivity contribution in [2.75, 3.05) is 18.6 Å². The predicted octanol–water partition coefficient (Wildman–Crippen LogP) is 3.67. The number of ether oxygens (including phenoxy) is 1. The Morgan fingerprint density at radius 3 is 2.42 bits per heavy atom. The second-order valence-corrected chi connectivity index (χ2v) is 6.19. The molecule has 1 aliphatic rings. The van der Waals surface area contributed by atoms with Crippen LogP contribution in [0.2, 0.25) is 0 Å². The van der Waals surface area contributed by atoms with Crippen LogP contribution in [0.5, 0.6) is 5.75 Å². The maximum Gasteiger partial charge on any atom is 0.227 e. The summed E-state index contributed by atoms with van der Waals surface area (Å²) in [7, 11) is 1.68. The van der Waals surface area contributed by atoms with Crippen LogP contribution in [0, 0.1) is 0 Å². The first kappa shape index (κ1) is 16.5. The van der Waals surface area contributed by atoms with Gasteiger partial charge in [0.05, 0.1) is 7.11 Å². The lowest BCUT2D eigenvalue weighted by molar-refractivity contribution is -0.117. The zero-order chi connectivity index (χ0) is 16.9. The van der Waals surface area contributed by atoms with E-state index >= 15 is 0 Å². The third kappa shape index (κ3) is 3.77. The lowest BCUT2D eigenvalue weighted by Crippen LogP contribution is -2.23. The molecule has 1 saturated heterocycles. The van der Waals surface area contributed by atoms with Crippen LogP contribution < -0.4 is 15.0 Å². The monoisotopic (exact) mass is 324 g/mol. The first-order valence-electron chi connectivity index (χ1n) is 8.44. The number of anilines is 1. The van der Waals surface area contributed by atoms with Crippen molar-refractivity contribution < 1.29 is 9.53 Å². The summed E-state index contributed by atoms with van der Waals surface area (Å²) in [6, 6.07) is 16.6. The molecule has 1 N–H and O–H groups in total. The molecule has 1 amide bonds. The number of methoxy groups -OCH3 is 1. The summed E-state index contributed by atoms with van der Waals surface area (Å²) >= 11 is 0. The van der Waals surface area contributed by atoms with E-state index in [0.29, 0.717) is 6.42 Å². The van der Waals surface area contributed by atoms with Crippen molar-refractivity contribution in [1.82, 2.24) is 5.32 Å². The van der Waals surface area contributed by atoms with E-state index in [9.17, 15) is 4.79 Å². The van der Waals surface area contributed by atoms with Crippen LogP contribution in [0.25, 0.3) is 0 Å². The van der Waals surface area contributed by atoms with Crippen molar-refractivity contribution in [2.45, 2.75) is 32.4 Å².